The van der Waals surface area contributed by atoms with Gasteiger partial charge in [-0.15, -0.1) is 0 Å². The molecule has 0 unspecified atom stereocenters. The molecule has 1 aromatic carbocycles. The Labute approximate surface area is 111 Å². The zero-order valence-electron chi connectivity index (χ0n) is 10.7. The van der Waals surface area contributed by atoms with E-state index in [4.69, 9.17) is 10.5 Å². The molecule has 0 saturated carbocycles. The molecule has 0 radical (unpaired) electrons. The van der Waals surface area contributed by atoms with E-state index in [0.29, 0.717) is 5.75 Å². The minimum atomic E-state index is -3.86. The topological polar surface area (TPSA) is 108 Å². The van der Waals surface area contributed by atoms with Gasteiger partial charge in [0.15, 0.2) is 5.75 Å². The number of carbonyl (C=O) groups excluding carboxylic acids is 1. The van der Waals surface area contributed by atoms with Crippen LogP contribution in [-0.4, -0.2) is 33.9 Å². The third-order valence-corrected chi connectivity index (χ3v) is 3.29. The van der Waals surface area contributed by atoms with Crippen LogP contribution in [0.2, 0.25) is 0 Å². The molecule has 0 saturated heterocycles. The van der Waals surface area contributed by atoms with Crippen molar-refractivity contribution in [3.05, 3.63) is 18.2 Å². The maximum absolute atomic E-state index is 11.7. The number of hydrogen-bond acceptors (Lipinski definition) is 6. The number of hydrogen-bond donors (Lipinski definition) is 2. The fraction of sp³-hybridized carbons (Fsp3) is 0.364. The number of nitrogens with two attached hydrogens (primary N) is 1. The second kappa shape index (κ2) is 6.28. The Balaban J connectivity index is 2.86. The Bertz CT molecular complexity index is 556. The van der Waals surface area contributed by atoms with Crippen LogP contribution in [0.1, 0.15) is 6.92 Å². The van der Waals surface area contributed by atoms with Gasteiger partial charge in [0.05, 0.1) is 25.1 Å². The van der Waals surface area contributed by atoms with Crippen molar-refractivity contribution in [1.29, 1.82) is 0 Å². The van der Waals surface area contributed by atoms with Crippen molar-refractivity contribution in [1.82, 2.24) is 0 Å². The molecular weight excluding hydrogens is 272 g/mol. The van der Waals surface area contributed by atoms with E-state index in [1.807, 2.05) is 0 Å². The van der Waals surface area contributed by atoms with Gasteiger partial charge in [0.2, 0.25) is 10.0 Å². The van der Waals surface area contributed by atoms with Crippen molar-refractivity contribution in [2.75, 3.05) is 29.9 Å². The van der Waals surface area contributed by atoms with Gasteiger partial charge in [0.25, 0.3) is 0 Å². The first-order valence-electron chi connectivity index (χ1n) is 5.47. The molecule has 0 aliphatic carbocycles. The predicted molar refractivity (Wildman–Crippen MR) is 71.4 cm³/mol. The standard InChI is InChI=1S/C11H16N2O5S/c1-3-18-11(14)7-19(15,16)13-10-6-8(17-2)4-5-9(10)12/h4-6,13H,3,7,12H2,1-2H3. The van der Waals surface area contributed by atoms with E-state index in [9.17, 15) is 13.2 Å². The monoisotopic (exact) mass is 288 g/mol. The third-order valence-electron chi connectivity index (χ3n) is 2.14. The summed E-state index contributed by atoms with van der Waals surface area (Å²) in [5, 5.41) is 0. The van der Waals surface area contributed by atoms with Gasteiger partial charge in [-0.2, -0.15) is 0 Å². The molecule has 7 nitrogen and oxygen atoms in total. The number of esters is 1. The molecule has 0 amide bonds. The molecule has 0 aromatic heterocycles. The fourth-order valence-corrected chi connectivity index (χ4v) is 2.29. The highest BCUT2D eigenvalue weighted by atomic mass is 32.2. The molecular formula is C11H16N2O5S. The smallest absolute Gasteiger partial charge is 0.323 e. The molecule has 1 rings (SSSR count). The Hall–Kier alpha value is -1.96. The highest BCUT2D eigenvalue weighted by Crippen LogP contribution is 2.25. The second-order valence-corrected chi connectivity index (χ2v) is 5.34. The van der Waals surface area contributed by atoms with Crippen molar-refractivity contribution in [3.63, 3.8) is 0 Å². The van der Waals surface area contributed by atoms with E-state index in [1.54, 1.807) is 13.0 Å². The molecule has 8 heteroatoms. The summed E-state index contributed by atoms with van der Waals surface area (Å²) >= 11 is 0. The van der Waals surface area contributed by atoms with Crippen LogP contribution in [0.5, 0.6) is 5.75 Å². The Morgan fingerprint density at radius 2 is 2.11 bits per heavy atom. The van der Waals surface area contributed by atoms with Crippen LogP contribution in [0.3, 0.4) is 0 Å². The van der Waals surface area contributed by atoms with Crippen LogP contribution >= 0.6 is 0 Å². The molecule has 3 N–H and O–H groups in total. The Kier molecular flexibility index (Phi) is 4.99. The average molecular weight is 288 g/mol. The molecule has 0 aliphatic heterocycles. The van der Waals surface area contributed by atoms with E-state index in [1.165, 1.54) is 19.2 Å². The minimum absolute atomic E-state index is 0.121. The summed E-state index contributed by atoms with van der Waals surface area (Å²) in [5.74, 6) is -1.14. The summed E-state index contributed by atoms with van der Waals surface area (Å²) in [6.45, 7) is 1.72. The van der Waals surface area contributed by atoms with E-state index in [2.05, 4.69) is 9.46 Å². The number of carbonyl (C=O) groups is 1. The molecule has 0 heterocycles. The number of rotatable bonds is 6. The number of nitrogens with one attached hydrogen (secondary N) is 1. The lowest BCUT2D eigenvalue weighted by Gasteiger charge is -2.11. The lowest BCUT2D eigenvalue weighted by atomic mass is 10.2. The lowest BCUT2D eigenvalue weighted by molar-refractivity contribution is -0.139. The van der Waals surface area contributed by atoms with Crippen LogP contribution in [0.25, 0.3) is 0 Å². The van der Waals surface area contributed by atoms with Crippen molar-refractivity contribution in [3.8, 4) is 5.75 Å². The number of benzene rings is 1. The van der Waals surface area contributed by atoms with E-state index >= 15 is 0 Å². The molecule has 19 heavy (non-hydrogen) atoms. The Morgan fingerprint density at radius 3 is 2.68 bits per heavy atom. The minimum Gasteiger partial charge on any atom is -0.497 e. The third kappa shape index (κ3) is 4.66. The maximum Gasteiger partial charge on any atom is 0.323 e. The summed E-state index contributed by atoms with van der Waals surface area (Å²) in [7, 11) is -2.42. The highest BCUT2D eigenvalue weighted by molar-refractivity contribution is 7.93. The van der Waals surface area contributed by atoms with Crippen molar-refractivity contribution >= 4 is 27.4 Å². The van der Waals surface area contributed by atoms with Gasteiger partial charge in [-0.25, -0.2) is 8.42 Å². The van der Waals surface area contributed by atoms with Gasteiger partial charge in [-0.1, -0.05) is 0 Å². The van der Waals surface area contributed by atoms with Gasteiger partial charge < -0.3 is 15.2 Å². The SMILES string of the molecule is CCOC(=O)CS(=O)(=O)Nc1cc(OC)ccc1N. The fourth-order valence-electron chi connectivity index (χ4n) is 1.31. The number of ether oxygens (including phenoxy) is 2. The molecule has 0 aliphatic rings. The van der Waals surface area contributed by atoms with E-state index < -0.39 is 21.7 Å². The molecule has 0 atom stereocenters. The van der Waals surface area contributed by atoms with Crippen molar-refractivity contribution in [2.45, 2.75) is 6.92 Å². The maximum atomic E-state index is 11.7. The zero-order chi connectivity index (χ0) is 14.5. The van der Waals surface area contributed by atoms with Crippen LogP contribution in [0.4, 0.5) is 11.4 Å². The largest absolute Gasteiger partial charge is 0.497 e. The van der Waals surface area contributed by atoms with Crippen LogP contribution < -0.4 is 15.2 Å². The first-order chi connectivity index (χ1) is 8.88. The molecule has 0 bridgehead atoms. The quantitative estimate of drug-likeness (QED) is 0.585. The number of methoxy groups -OCH3 is 1. The first kappa shape index (κ1) is 15.1. The van der Waals surface area contributed by atoms with E-state index in [0.717, 1.165) is 0 Å². The van der Waals surface area contributed by atoms with Crippen LogP contribution in [-0.2, 0) is 19.6 Å². The number of anilines is 2. The first-order valence-corrected chi connectivity index (χ1v) is 7.13. The van der Waals surface area contributed by atoms with Crippen LogP contribution in [0, 0.1) is 0 Å². The number of nitrogen functional groups attached to an aromatic ring is 1. The molecule has 0 spiro atoms. The van der Waals surface area contributed by atoms with Crippen molar-refractivity contribution < 1.29 is 22.7 Å². The van der Waals surface area contributed by atoms with E-state index in [-0.39, 0.29) is 18.0 Å². The van der Waals surface area contributed by atoms with Crippen molar-refractivity contribution in [2.24, 2.45) is 0 Å². The summed E-state index contributed by atoms with van der Waals surface area (Å²) in [4.78, 5) is 11.2. The molecule has 106 valence electrons. The summed E-state index contributed by atoms with van der Waals surface area (Å²) < 4.78 is 35.2. The Morgan fingerprint density at radius 1 is 1.42 bits per heavy atom. The predicted octanol–water partition coefficient (Wildman–Crippen LogP) is 0.582. The normalized spacial score (nSPS) is 10.8. The molecule has 0 fully saturated rings. The van der Waals surface area contributed by atoms with Gasteiger partial charge in [-0.3, -0.25) is 9.52 Å². The van der Waals surface area contributed by atoms with Gasteiger partial charge >= 0.3 is 5.97 Å². The highest BCUT2D eigenvalue weighted by Gasteiger charge is 2.18. The lowest BCUT2D eigenvalue weighted by Crippen LogP contribution is -2.24. The second-order valence-electron chi connectivity index (χ2n) is 3.62. The van der Waals surface area contributed by atoms with Gasteiger partial charge in [0.1, 0.15) is 5.75 Å². The van der Waals surface area contributed by atoms with Gasteiger partial charge in [-0.05, 0) is 19.1 Å². The van der Waals surface area contributed by atoms with Gasteiger partial charge in [0, 0.05) is 6.07 Å². The summed E-state index contributed by atoms with van der Waals surface area (Å²) in [6.07, 6.45) is 0. The van der Waals surface area contributed by atoms with Crippen LogP contribution in [0.15, 0.2) is 18.2 Å². The number of sulfonamides is 1. The zero-order valence-corrected chi connectivity index (χ0v) is 11.5. The summed E-state index contributed by atoms with van der Waals surface area (Å²) in [5.41, 5.74) is 6.03. The average Bonchev–Trinajstić information content (AvgIpc) is 2.31. The molecule has 1 aromatic rings. The summed E-state index contributed by atoms with van der Waals surface area (Å²) in [6, 6.07) is 4.53.